The summed E-state index contributed by atoms with van der Waals surface area (Å²) < 4.78 is 13.8. The van der Waals surface area contributed by atoms with E-state index in [1.807, 2.05) is 48.5 Å². The molecule has 0 bridgehead atoms. The normalized spacial score (nSPS) is 13.2. The Morgan fingerprint density at radius 2 is 0.504 bits per heavy atom. The second kappa shape index (κ2) is 29.6. The Hall–Kier alpha value is -14.4. The Bertz CT molecular complexity index is 6780. The molecule has 3 aliphatic carbocycles. The molecule has 4 nitrogen and oxygen atoms in total. The molecular weight excluding hydrogens is 1490 g/mol. The van der Waals surface area contributed by atoms with Crippen LogP contribution in [-0.2, 0) is 16.2 Å². The van der Waals surface area contributed by atoms with E-state index < -0.39 is 10.8 Å². The van der Waals surface area contributed by atoms with Crippen LogP contribution in [-0.4, -0.2) is 0 Å². The quantitative estimate of drug-likeness (QED) is 0.131. The SMILES string of the molecule is Brc1cccc2c1-c1ccccc1C2(c1ccccc1)c1ccccc1.C.Nc1ccc(-c2cccc3c2oc2ccccc23)cc1.c1ccc(C2(c3ccccc3)c3ccccc3-c3c(N(c4ccc(-c5cccc6c5oc5ccccc56)cc4)c4cccc5c4-c4ccccc4C5(c4ccccc4)c4ccccc4)cccc32)cc1. The van der Waals surface area contributed by atoms with E-state index in [1.165, 1.54) is 100 Å². The predicted molar refractivity (Wildman–Crippen MR) is 490 cm³/mol. The number of rotatable bonds is 11. The molecule has 556 valence electrons. The highest BCUT2D eigenvalue weighted by molar-refractivity contribution is 9.10. The number of nitrogens with zero attached hydrogens (tertiary/aromatic N) is 1. The molecule has 18 aromatic carbocycles. The summed E-state index contributed by atoms with van der Waals surface area (Å²) in [4.78, 5) is 2.55. The van der Waals surface area contributed by atoms with Crippen LogP contribution in [0.15, 0.2) is 456 Å². The molecule has 2 heterocycles. The van der Waals surface area contributed by atoms with E-state index in [0.29, 0.717) is 0 Å². The second-order valence-corrected chi connectivity index (χ2v) is 31.1. The fourth-order valence-corrected chi connectivity index (χ4v) is 20.2. The Labute approximate surface area is 690 Å². The summed E-state index contributed by atoms with van der Waals surface area (Å²) >= 11 is 3.81. The summed E-state index contributed by atoms with van der Waals surface area (Å²) in [5.41, 5.74) is 39.3. The molecule has 0 saturated heterocycles. The number of hydrogen-bond acceptors (Lipinski definition) is 4. The van der Waals surface area contributed by atoms with Crippen molar-refractivity contribution >= 4 is 82.6 Å². The Kier molecular flexibility index (Phi) is 18.1. The number of nitrogen functional groups attached to an aromatic ring is 1. The second-order valence-electron chi connectivity index (χ2n) is 30.2. The molecule has 2 N–H and O–H groups in total. The fraction of sp³-hybridized carbons (Fsp3) is 0.0357. The van der Waals surface area contributed by atoms with Crippen LogP contribution in [0.1, 0.15) is 74.2 Å². The van der Waals surface area contributed by atoms with Crippen LogP contribution in [0.2, 0.25) is 0 Å². The molecule has 0 radical (unpaired) electrons. The van der Waals surface area contributed by atoms with Gasteiger partial charge < -0.3 is 19.5 Å². The van der Waals surface area contributed by atoms with Crippen LogP contribution in [0, 0.1) is 0 Å². The minimum Gasteiger partial charge on any atom is -0.455 e. The lowest BCUT2D eigenvalue weighted by atomic mass is 9.67. The summed E-state index contributed by atoms with van der Waals surface area (Å²) in [5, 5.41) is 4.55. The molecule has 5 heteroatoms. The highest BCUT2D eigenvalue weighted by Crippen LogP contribution is 2.64. The van der Waals surface area contributed by atoms with E-state index in [4.69, 9.17) is 14.6 Å². The lowest BCUT2D eigenvalue weighted by Crippen LogP contribution is -2.28. The van der Waals surface area contributed by atoms with Crippen LogP contribution in [0.25, 0.3) is 99.5 Å². The molecule has 0 saturated carbocycles. The summed E-state index contributed by atoms with van der Waals surface area (Å²) in [6.45, 7) is 0. The van der Waals surface area contributed by atoms with Crippen molar-refractivity contribution in [2.24, 2.45) is 0 Å². The van der Waals surface area contributed by atoms with Crippen molar-refractivity contribution in [3.8, 4) is 55.6 Å². The third kappa shape index (κ3) is 11.3. The van der Waals surface area contributed by atoms with Crippen molar-refractivity contribution in [3.63, 3.8) is 0 Å². The van der Waals surface area contributed by atoms with Crippen LogP contribution < -0.4 is 10.6 Å². The van der Waals surface area contributed by atoms with Crippen molar-refractivity contribution in [1.82, 2.24) is 0 Å². The number of furan rings is 2. The molecule has 3 aliphatic rings. The molecule has 0 fully saturated rings. The Morgan fingerprint density at radius 1 is 0.231 bits per heavy atom. The lowest BCUT2D eigenvalue weighted by Gasteiger charge is -2.35. The van der Waals surface area contributed by atoms with E-state index in [2.05, 4.69) is 415 Å². The van der Waals surface area contributed by atoms with Gasteiger partial charge in [0.25, 0.3) is 0 Å². The Morgan fingerprint density at radius 3 is 0.880 bits per heavy atom. The van der Waals surface area contributed by atoms with Crippen molar-refractivity contribution in [3.05, 3.63) is 514 Å². The first-order valence-corrected chi connectivity index (χ1v) is 40.5. The molecule has 0 amide bonds. The van der Waals surface area contributed by atoms with E-state index >= 15 is 0 Å². The van der Waals surface area contributed by atoms with Gasteiger partial charge in [-0.3, -0.25) is 0 Å². The van der Waals surface area contributed by atoms with Crippen molar-refractivity contribution in [2.45, 2.75) is 23.7 Å². The smallest absolute Gasteiger partial charge is 0.143 e. The molecular formula is C112H79BrN2O2. The maximum atomic E-state index is 6.60. The molecule has 117 heavy (non-hydrogen) atoms. The number of anilines is 4. The minimum absolute atomic E-state index is 0. The van der Waals surface area contributed by atoms with Crippen molar-refractivity contribution < 1.29 is 8.83 Å². The third-order valence-electron chi connectivity index (χ3n) is 24.3. The number of hydrogen-bond donors (Lipinski definition) is 1. The topological polar surface area (TPSA) is 55.5 Å². The maximum absolute atomic E-state index is 6.60. The molecule has 20 aromatic rings. The molecule has 0 atom stereocenters. The molecule has 23 rings (SSSR count). The average Bonchev–Trinajstić information content (AvgIpc) is 1.53. The number of para-hydroxylation sites is 4. The number of benzene rings is 18. The van der Waals surface area contributed by atoms with Gasteiger partial charge in [0.1, 0.15) is 22.3 Å². The van der Waals surface area contributed by atoms with Crippen molar-refractivity contribution in [1.29, 1.82) is 0 Å². The van der Waals surface area contributed by atoms with E-state index in [1.54, 1.807) is 0 Å². The van der Waals surface area contributed by atoms with Gasteiger partial charge in [-0.2, -0.15) is 0 Å². The zero-order valence-electron chi connectivity index (χ0n) is 63.4. The Balaban J connectivity index is 0.000000151. The number of halogens is 1. The van der Waals surface area contributed by atoms with Crippen LogP contribution in [0.5, 0.6) is 0 Å². The average molecular weight is 1560 g/mol. The fourth-order valence-electron chi connectivity index (χ4n) is 19.6. The molecule has 0 aliphatic heterocycles. The highest BCUT2D eigenvalue weighted by Gasteiger charge is 2.51. The summed E-state index contributed by atoms with van der Waals surface area (Å²) in [7, 11) is 0. The van der Waals surface area contributed by atoms with Gasteiger partial charge in [-0.25, -0.2) is 0 Å². The van der Waals surface area contributed by atoms with Crippen LogP contribution in [0.4, 0.5) is 22.7 Å². The van der Waals surface area contributed by atoms with Gasteiger partial charge >= 0.3 is 0 Å². The predicted octanol–water partition coefficient (Wildman–Crippen LogP) is 29.7. The van der Waals surface area contributed by atoms with E-state index in [9.17, 15) is 0 Å². The van der Waals surface area contributed by atoms with Gasteiger partial charge in [0.15, 0.2) is 0 Å². The number of fused-ring (bicyclic) bond motifs is 15. The van der Waals surface area contributed by atoms with Gasteiger partial charge in [0.2, 0.25) is 0 Å². The minimum atomic E-state index is -0.563. The van der Waals surface area contributed by atoms with Gasteiger partial charge in [0, 0.05) is 65.2 Å². The molecule has 0 spiro atoms. The summed E-state index contributed by atoms with van der Waals surface area (Å²) in [5.74, 6) is 0. The zero-order valence-corrected chi connectivity index (χ0v) is 65.0. The van der Waals surface area contributed by atoms with Gasteiger partial charge in [-0.05, 0) is 149 Å². The van der Waals surface area contributed by atoms with Gasteiger partial charge in [-0.1, -0.05) is 412 Å². The largest absolute Gasteiger partial charge is 0.455 e. The summed E-state index contributed by atoms with van der Waals surface area (Å²) in [6.07, 6.45) is 0. The molecule has 0 unspecified atom stereocenters. The first kappa shape index (κ1) is 71.7. The van der Waals surface area contributed by atoms with E-state index in [-0.39, 0.29) is 12.8 Å². The standard InChI is InChI=1S/C68H45NO.C25H17Br.C18H13NO.CH4/c1-5-22-47(23-6-1)67(48-24-7-2-8-25-48)57-35-16-13-31-55(57)64-59(67)37-20-39-61(64)69(51-44-42-46(43-45-51)52-33-19-34-54-53-30-15-18-41-63(53)70-66(52)54)62-40-21-38-60-65(62)56-32-14-17-36-58(56)68(60,49-26-9-3-10-27-49)50-28-11-4-12-29-50;26-23-17-9-16-22-24(23)20-14-7-8-15-21(20)25(22,18-10-3-1-4-11-18)19-12-5-2-6-13-19;19-13-10-8-12(9-11-13)14-5-3-6-16-15-4-1-2-7-17(15)20-18(14)16;/h1-45H;1-17H;1-11H,19H2;1H4. The van der Waals surface area contributed by atoms with Crippen LogP contribution in [0.3, 0.4) is 0 Å². The summed E-state index contributed by atoms with van der Waals surface area (Å²) in [6, 6.07) is 160. The van der Waals surface area contributed by atoms with Crippen LogP contribution >= 0.6 is 15.9 Å². The van der Waals surface area contributed by atoms with Gasteiger partial charge in [0.05, 0.1) is 27.6 Å². The first-order chi connectivity index (χ1) is 57.4. The first-order valence-electron chi connectivity index (χ1n) is 39.7. The highest BCUT2D eigenvalue weighted by atomic mass is 79.9. The van der Waals surface area contributed by atoms with E-state index in [0.717, 1.165) is 93.4 Å². The lowest BCUT2D eigenvalue weighted by molar-refractivity contribution is 0.669. The van der Waals surface area contributed by atoms with Crippen molar-refractivity contribution in [2.75, 3.05) is 10.6 Å². The molecule has 2 aromatic heterocycles. The number of nitrogens with two attached hydrogens (primary N) is 1. The monoisotopic (exact) mass is 1560 g/mol. The third-order valence-corrected chi connectivity index (χ3v) is 25.0. The zero-order chi connectivity index (χ0) is 77.3. The van der Waals surface area contributed by atoms with Gasteiger partial charge in [-0.15, -0.1) is 0 Å². The maximum Gasteiger partial charge on any atom is 0.143 e.